The van der Waals surface area contributed by atoms with Crippen molar-refractivity contribution in [2.24, 2.45) is 0 Å². The average molecular weight is 200 g/mol. The minimum atomic E-state index is -0.834. The van der Waals surface area contributed by atoms with E-state index in [0.29, 0.717) is 17.1 Å². The summed E-state index contributed by atoms with van der Waals surface area (Å²) in [5.41, 5.74) is 7.00. The van der Waals surface area contributed by atoms with Crippen LogP contribution in [0.3, 0.4) is 0 Å². The topological polar surface area (TPSA) is 63.3 Å². The van der Waals surface area contributed by atoms with Crippen molar-refractivity contribution >= 4 is 23.3 Å². The summed E-state index contributed by atoms with van der Waals surface area (Å²) in [7, 11) is 0. The molecule has 0 saturated heterocycles. The molecule has 0 radical (unpaired) electrons. The molecule has 0 amide bonds. The van der Waals surface area contributed by atoms with Crippen molar-refractivity contribution in [1.82, 2.24) is 0 Å². The first-order valence-corrected chi connectivity index (χ1v) is 4.23. The Morgan fingerprint density at radius 1 is 1.54 bits per heavy atom. The van der Waals surface area contributed by atoms with Crippen LogP contribution in [0.2, 0.25) is 5.02 Å². The third kappa shape index (κ3) is 2.95. The molecule has 0 aliphatic carbocycles. The molecule has 3 nitrogen and oxygen atoms in total. The van der Waals surface area contributed by atoms with Gasteiger partial charge in [0.1, 0.15) is 0 Å². The number of anilines is 1. The van der Waals surface area contributed by atoms with E-state index in [2.05, 4.69) is 0 Å². The van der Waals surface area contributed by atoms with Crippen LogP contribution in [0.5, 0.6) is 0 Å². The summed E-state index contributed by atoms with van der Waals surface area (Å²) < 4.78 is 0. The number of carboxylic acids is 1. The summed E-state index contributed by atoms with van der Waals surface area (Å²) in [6, 6.07) is 5.06. The molecule has 0 spiro atoms. The lowest BCUT2D eigenvalue weighted by Gasteiger charge is -2.03. The standard InChI is InChI=1S/C9H10ClNO2/c10-7-2-3-8(11)6(5-7)1-4-9(12)13/h2-3,5H,1,4,11H2,(H,12,13). The van der Waals surface area contributed by atoms with Gasteiger partial charge >= 0.3 is 5.97 Å². The van der Waals surface area contributed by atoms with Crippen LogP contribution < -0.4 is 5.73 Å². The number of benzene rings is 1. The van der Waals surface area contributed by atoms with Crippen LogP contribution in [0.4, 0.5) is 5.69 Å². The molecule has 0 saturated carbocycles. The molecular formula is C9H10ClNO2. The Labute approximate surface area is 81.1 Å². The molecule has 0 aliphatic heterocycles. The Balaban J connectivity index is 2.75. The maximum atomic E-state index is 10.3. The third-order valence-corrected chi connectivity index (χ3v) is 1.95. The smallest absolute Gasteiger partial charge is 0.303 e. The molecule has 0 aliphatic rings. The van der Waals surface area contributed by atoms with E-state index in [1.54, 1.807) is 18.2 Å². The van der Waals surface area contributed by atoms with E-state index in [-0.39, 0.29) is 6.42 Å². The fraction of sp³-hybridized carbons (Fsp3) is 0.222. The minimum Gasteiger partial charge on any atom is -0.481 e. The van der Waals surface area contributed by atoms with E-state index >= 15 is 0 Å². The fourth-order valence-electron chi connectivity index (χ4n) is 1.03. The summed E-state index contributed by atoms with van der Waals surface area (Å²) in [4.78, 5) is 10.3. The van der Waals surface area contributed by atoms with Gasteiger partial charge in [-0.25, -0.2) is 0 Å². The molecule has 1 aromatic rings. The Hall–Kier alpha value is -1.22. The Morgan fingerprint density at radius 2 is 2.23 bits per heavy atom. The van der Waals surface area contributed by atoms with E-state index in [4.69, 9.17) is 22.4 Å². The minimum absolute atomic E-state index is 0.0740. The number of carbonyl (C=O) groups is 1. The highest BCUT2D eigenvalue weighted by atomic mass is 35.5. The molecule has 4 heteroatoms. The second kappa shape index (κ2) is 4.14. The van der Waals surface area contributed by atoms with Crippen molar-refractivity contribution in [1.29, 1.82) is 0 Å². The summed E-state index contributed by atoms with van der Waals surface area (Å²) in [6.45, 7) is 0. The van der Waals surface area contributed by atoms with E-state index in [9.17, 15) is 4.79 Å². The average Bonchev–Trinajstić information content (AvgIpc) is 2.06. The highest BCUT2D eigenvalue weighted by Gasteiger charge is 2.03. The van der Waals surface area contributed by atoms with E-state index < -0.39 is 5.97 Å². The Morgan fingerprint density at radius 3 is 2.85 bits per heavy atom. The molecule has 0 unspecified atom stereocenters. The summed E-state index contributed by atoms with van der Waals surface area (Å²) in [5, 5.41) is 9.04. The first kappa shape index (κ1) is 9.86. The molecule has 0 bridgehead atoms. The number of hydrogen-bond donors (Lipinski definition) is 2. The SMILES string of the molecule is Nc1ccc(Cl)cc1CCC(=O)O. The predicted molar refractivity (Wildman–Crippen MR) is 51.8 cm³/mol. The van der Waals surface area contributed by atoms with Gasteiger partial charge < -0.3 is 10.8 Å². The Bertz CT molecular complexity index is 325. The fourth-order valence-corrected chi connectivity index (χ4v) is 1.23. The molecule has 1 aromatic carbocycles. The van der Waals surface area contributed by atoms with Gasteiger partial charge in [-0.2, -0.15) is 0 Å². The number of carboxylic acid groups (broad SMARTS) is 1. The highest BCUT2D eigenvalue weighted by Crippen LogP contribution is 2.19. The monoisotopic (exact) mass is 199 g/mol. The van der Waals surface area contributed by atoms with Crippen LogP contribution in [0, 0.1) is 0 Å². The third-order valence-electron chi connectivity index (χ3n) is 1.71. The second-order valence-corrected chi connectivity index (χ2v) is 3.17. The molecule has 13 heavy (non-hydrogen) atoms. The van der Waals surface area contributed by atoms with Crippen LogP contribution in [0.1, 0.15) is 12.0 Å². The van der Waals surface area contributed by atoms with Gasteiger partial charge in [-0.1, -0.05) is 11.6 Å². The molecule has 70 valence electrons. The number of halogens is 1. The first-order valence-electron chi connectivity index (χ1n) is 3.85. The van der Waals surface area contributed by atoms with Gasteiger partial charge in [-0.15, -0.1) is 0 Å². The van der Waals surface area contributed by atoms with Crippen LogP contribution in [0.15, 0.2) is 18.2 Å². The van der Waals surface area contributed by atoms with Gasteiger partial charge in [-0.05, 0) is 30.2 Å². The maximum absolute atomic E-state index is 10.3. The van der Waals surface area contributed by atoms with Crippen LogP contribution in [-0.4, -0.2) is 11.1 Å². The highest BCUT2D eigenvalue weighted by molar-refractivity contribution is 6.30. The van der Waals surface area contributed by atoms with Gasteiger partial charge in [0.15, 0.2) is 0 Å². The van der Waals surface area contributed by atoms with Crippen molar-refractivity contribution in [3.63, 3.8) is 0 Å². The molecule has 3 N–H and O–H groups in total. The number of nitrogens with two attached hydrogens (primary N) is 1. The zero-order valence-corrected chi connectivity index (χ0v) is 7.71. The number of rotatable bonds is 3. The van der Waals surface area contributed by atoms with Crippen molar-refractivity contribution < 1.29 is 9.90 Å². The summed E-state index contributed by atoms with van der Waals surface area (Å²) in [5.74, 6) is -0.834. The molecule has 0 heterocycles. The molecular weight excluding hydrogens is 190 g/mol. The number of aryl methyl sites for hydroxylation is 1. The molecule has 0 aromatic heterocycles. The summed E-state index contributed by atoms with van der Waals surface area (Å²) >= 11 is 5.73. The lowest BCUT2D eigenvalue weighted by molar-refractivity contribution is -0.136. The lowest BCUT2D eigenvalue weighted by Crippen LogP contribution is -2.00. The van der Waals surface area contributed by atoms with Crippen LogP contribution in [0.25, 0.3) is 0 Å². The molecule has 0 atom stereocenters. The quantitative estimate of drug-likeness (QED) is 0.732. The van der Waals surface area contributed by atoms with Gasteiger partial charge in [0.25, 0.3) is 0 Å². The molecule has 0 fully saturated rings. The van der Waals surface area contributed by atoms with E-state index in [1.165, 1.54) is 0 Å². The van der Waals surface area contributed by atoms with Crippen molar-refractivity contribution in [2.45, 2.75) is 12.8 Å². The molecule has 1 rings (SSSR count). The zero-order valence-electron chi connectivity index (χ0n) is 6.96. The lowest BCUT2D eigenvalue weighted by atomic mass is 10.1. The number of aliphatic carboxylic acids is 1. The predicted octanol–water partition coefficient (Wildman–Crippen LogP) is 1.94. The number of nitrogen functional groups attached to an aromatic ring is 1. The van der Waals surface area contributed by atoms with Crippen molar-refractivity contribution in [3.05, 3.63) is 28.8 Å². The van der Waals surface area contributed by atoms with Gasteiger partial charge in [-0.3, -0.25) is 4.79 Å². The normalized spacial score (nSPS) is 9.92. The summed E-state index contributed by atoms with van der Waals surface area (Å²) in [6.07, 6.45) is 0.492. The zero-order chi connectivity index (χ0) is 9.84. The van der Waals surface area contributed by atoms with E-state index in [0.717, 1.165) is 5.56 Å². The van der Waals surface area contributed by atoms with Crippen LogP contribution >= 0.6 is 11.6 Å². The number of hydrogen-bond acceptors (Lipinski definition) is 2. The van der Waals surface area contributed by atoms with Crippen LogP contribution in [-0.2, 0) is 11.2 Å². The Kier molecular flexibility index (Phi) is 3.14. The van der Waals surface area contributed by atoms with E-state index in [1.807, 2.05) is 0 Å². The maximum Gasteiger partial charge on any atom is 0.303 e. The van der Waals surface area contributed by atoms with Gasteiger partial charge in [0.2, 0.25) is 0 Å². The van der Waals surface area contributed by atoms with Crippen molar-refractivity contribution in [3.8, 4) is 0 Å². The second-order valence-electron chi connectivity index (χ2n) is 2.74. The van der Waals surface area contributed by atoms with Crippen molar-refractivity contribution in [2.75, 3.05) is 5.73 Å². The van der Waals surface area contributed by atoms with Gasteiger partial charge in [0, 0.05) is 17.1 Å². The first-order chi connectivity index (χ1) is 6.09. The largest absolute Gasteiger partial charge is 0.481 e. The van der Waals surface area contributed by atoms with Gasteiger partial charge in [0.05, 0.1) is 0 Å².